The van der Waals surface area contributed by atoms with Crippen molar-refractivity contribution in [3.05, 3.63) is 82.2 Å². The van der Waals surface area contributed by atoms with Gasteiger partial charge in [-0.15, -0.1) is 0 Å². The monoisotopic (exact) mass is 503 g/mol. The van der Waals surface area contributed by atoms with Crippen molar-refractivity contribution in [1.29, 1.82) is 0 Å². The number of hydrogen-bond donors (Lipinski definition) is 1. The second-order valence-corrected chi connectivity index (χ2v) is 9.41. The molecule has 4 heterocycles. The number of aromatic amines is 1. The number of pyridine rings is 1. The highest BCUT2D eigenvalue weighted by molar-refractivity contribution is 5.92. The van der Waals surface area contributed by atoms with E-state index in [0.717, 1.165) is 53.2 Å². The Labute approximate surface area is 214 Å². The molecule has 192 valence electrons. The first-order chi connectivity index (χ1) is 17.8. The molecule has 0 saturated carbocycles. The molecular formula is C28H30FN5O3. The minimum Gasteiger partial charge on any atom is -0.471 e. The Balaban J connectivity index is 1.25. The second-order valence-electron chi connectivity index (χ2n) is 9.41. The van der Waals surface area contributed by atoms with Gasteiger partial charge in [0.05, 0.1) is 24.9 Å². The van der Waals surface area contributed by atoms with Crippen LogP contribution in [0.25, 0.3) is 16.7 Å². The maximum Gasteiger partial charge on any atom is 0.354 e. The van der Waals surface area contributed by atoms with E-state index in [2.05, 4.69) is 32.0 Å². The topological polar surface area (TPSA) is 85.3 Å². The van der Waals surface area contributed by atoms with Crippen LogP contribution in [0.5, 0.6) is 5.88 Å². The van der Waals surface area contributed by atoms with E-state index >= 15 is 0 Å². The normalized spacial score (nSPS) is 14.1. The van der Waals surface area contributed by atoms with E-state index in [-0.39, 0.29) is 12.5 Å². The first-order valence-electron chi connectivity index (χ1n) is 12.2. The molecule has 3 aromatic heterocycles. The lowest BCUT2D eigenvalue weighted by Crippen LogP contribution is -2.29. The number of aryl methyl sites for hydroxylation is 3. The molecule has 0 unspecified atom stereocenters. The lowest BCUT2D eigenvalue weighted by molar-refractivity contribution is 0.0595. The number of H-pyrrole nitrogens is 1. The van der Waals surface area contributed by atoms with Crippen LogP contribution in [0.3, 0.4) is 0 Å². The fraction of sp³-hybridized carbons (Fsp3) is 0.321. The molecular weight excluding hydrogens is 473 g/mol. The van der Waals surface area contributed by atoms with E-state index in [1.807, 2.05) is 37.6 Å². The predicted octanol–water partition coefficient (Wildman–Crippen LogP) is 4.71. The van der Waals surface area contributed by atoms with Gasteiger partial charge in [0.1, 0.15) is 18.1 Å². The minimum atomic E-state index is -0.465. The number of nitrogens with zero attached hydrogens (tertiary/aromatic N) is 4. The van der Waals surface area contributed by atoms with E-state index < -0.39 is 11.8 Å². The maximum atomic E-state index is 14.4. The molecule has 1 aliphatic heterocycles. The minimum absolute atomic E-state index is 0.0233. The number of nitrogens with one attached hydrogen (secondary N) is 1. The van der Waals surface area contributed by atoms with Crippen molar-refractivity contribution < 1.29 is 18.7 Å². The van der Waals surface area contributed by atoms with E-state index in [4.69, 9.17) is 9.47 Å². The molecule has 4 aromatic rings. The maximum absolute atomic E-state index is 14.4. The molecule has 0 spiro atoms. The van der Waals surface area contributed by atoms with Crippen molar-refractivity contribution >= 4 is 22.7 Å². The first-order valence-corrected chi connectivity index (χ1v) is 12.2. The number of esters is 1. The van der Waals surface area contributed by atoms with Crippen LogP contribution in [0.2, 0.25) is 0 Å². The molecule has 8 nitrogen and oxygen atoms in total. The van der Waals surface area contributed by atoms with Gasteiger partial charge in [0.15, 0.2) is 11.5 Å². The number of imidazole rings is 1. The number of halogens is 1. The number of methoxy groups -OCH3 is 1. The largest absolute Gasteiger partial charge is 0.471 e. The predicted molar refractivity (Wildman–Crippen MR) is 139 cm³/mol. The first kappa shape index (κ1) is 24.7. The van der Waals surface area contributed by atoms with E-state index in [1.54, 1.807) is 12.1 Å². The van der Waals surface area contributed by atoms with E-state index in [0.29, 0.717) is 17.9 Å². The summed E-state index contributed by atoms with van der Waals surface area (Å²) in [5.41, 5.74) is 7.01. The van der Waals surface area contributed by atoms with Gasteiger partial charge in [-0.1, -0.05) is 29.8 Å². The number of rotatable bonds is 7. The van der Waals surface area contributed by atoms with Gasteiger partial charge in [0, 0.05) is 20.1 Å². The number of fused-ring (bicyclic) bond motifs is 1. The summed E-state index contributed by atoms with van der Waals surface area (Å²) in [5, 5.41) is 0. The summed E-state index contributed by atoms with van der Waals surface area (Å²) >= 11 is 0. The van der Waals surface area contributed by atoms with Gasteiger partial charge >= 0.3 is 5.97 Å². The van der Waals surface area contributed by atoms with Crippen LogP contribution in [0.4, 0.5) is 4.39 Å². The molecule has 5 rings (SSSR count). The van der Waals surface area contributed by atoms with Gasteiger partial charge in [0.25, 0.3) is 5.88 Å². The average Bonchev–Trinajstić information content (AvgIpc) is 3.43. The number of hydrogen-bond acceptors (Lipinski definition) is 6. The van der Waals surface area contributed by atoms with E-state index in [1.165, 1.54) is 18.7 Å². The Bertz CT molecular complexity index is 1500. The standard InChI is InChI=1S/C28H30FN5O3/c1-17-5-6-20(18(2)13-17)16-37-27-21(29)7-8-22(31-27)19-9-11-34(12-10-19)15-25-32-26-24(33(25)3)14-23(30-26)28(35)36-4/h5-9,13-14,30H,10-12,15-16H2,1-4H3. The Morgan fingerprint density at radius 2 is 2.00 bits per heavy atom. The Kier molecular flexibility index (Phi) is 6.80. The van der Waals surface area contributed by atoms with Crippen molar-refractivity contribution in [3.63, 3.8) is 0 Å². The molecule has 0 amide bonds. The second kappa shape index (κ2) is 10.2. The third kappa shape index (κ3) is 5.13. The Morgan fingerprint density at radius 3 is 2.70 bits per heavy atom. The average molecular weight is 504 g/mol. The highest BCUT2D eigenvalue weighted by Crippen LogP contribution is 2.26. The highest BCUT2D eigenvalue weighted by Gasteiger charge is 2.20. The van der Waals surface area contributed by atoms with Gasteiger partial charge < -0.3 is 19.0 Å². The van der Waals surface area contributed by atoms with Crippen LogP contribution in [-0.4, -0.2) is 50.6 Å². The molecule has 0 atom stereocenters. The van der Waals surface area contributed by atoms with E-state index in [9.17, 15) is 9.18 Å². The lowest BCUT2D eigenvalue weighted by atomic mass is 10.0. The summed E-state index contributed by atoms with van der Waals surface area (Å²) in [5.74, 6) is 0.0422. The SMILES string of the molecule is COC(=O)c1cc2c(nc(CN3CC=C(c4ccc(F)c(OCc5ccc(C)cc5C)n4)CC3)n2C)[nH]1. The van der Waals surface area contributed by atoms with Gasteiger partial charge in [0.2, 0.25) is 0 Å². The lowest BCUT2D eigenvalue weighted by Gasteiger charge is -2.26. The number of carbonyl (C=O) groups is 1. The summed E-state index contributed by atoms with van der Waals surface area (Å²) in [6.45, 7) is 6.54. The molecule has 0 fully saturated rings. The summed E-state index contributed by atoms with van der Waals surface area (Å²) in [6, 6.07) is 11.0. The fourth-order valence-electron chi connectivity index (χ4n) is 4.62. The summed E-state index contributed by atoms with van der Waals surface area (Å²) in [7, 11) is 3.29. The zero-order valence-corrected chi connectivity index (χ0v) is 21.5. The van der Waals surface area contributed by atoms with Crippen LogP contribution >= 0.6 is 0 Å². The third-order valence-corrected chi connectivity index (χ3v) is 6.84. The van der Waals surface area contributed by atoms with Crippen molar-refractivity contribution in [3.8, 4) is 5.88 Å². The van der Waals surface area contributed by atoms with Gasteiger partial charge in [-0.2, -0.15) is 0 Å². The van der Waals surface area contributed by atoms with Crippen molar-refractivity contribution in [2.45, 2.75) is 33.4 Å². The Hall–Kier alpha value is -3.98. The summed E-state index contributed by atoms with van der Waals surface area (Å²) in [4.78, 5) is 26.2. The zero-order chi connectivity index (χ0) is 26.1. The van der Waals surface area contributed by atoms with Gasteiger partial charge in [-0.05, 0) is 55.2 Å². The number of ether oxygens (including phenoxy) is 2. The molecule has 9 heteroatoms. The molecule has 0 saturated heterocycles. The highest BCUT2D eigenvalue weighted by atomic mass is 19.1. The smallest absolute Gasteiger partial charge is 0.354 e. The zero-order valence-electron chi connectivity index (χ0n) is 21.5. The molecule has 0 aliphatic carbocycles. The van der Waals surface area contributed by atoms with Crippen LogP contribution in [0.15, 0.2) is 42.5 Å². The third-order valence-electron chi connectivity index (χ3n) is 6.84. The van der Waals surface area contributed by atoms with Crippen LogP contribution in [0, 0.1) is 19.7 Å². The fourth-order valence-corrected chi connectivity index (χ4v) is 4.62. The summed E-state index contributed by atoms with van der Waals surface area (Å²) in [6.07, 6.45) is 2.91. The summed E-state index contributed by atoms with van der Waals surface area (Å²) < 4.78 is 27.0. The number of carbonyl (C=O) groups excluding carboxylic acids is 1. The molecule has 0 bridgehead atoms. The Morgan fingerprint density at radius 1 is 1.16 bits per heavy atom. The van der Waals surface area contributed by atoms with Crippen LogP contribution in [-0.2, 0) is 24.9 Å². The number of benzene rings is 1. The molecule has 1 N–H and O–H groups in total. The van der Waals surface area contributed by atoms with Crippen molar-refractivity contribution in [2.75, 3.05) is 20.2 Å². The molecule has 1 aliphatic rings. The van der Waals surface area contributed by atoms with Gasteiger partial charge in [-0.3, -0.25) is 4.90 Å². The molecule has 1 aromatic carbocycles. The van der Waals surface area contributed by atoms with Crippen LogP contribution in [0.1, 0.15) is 45.1 Å². The van der Waals surface area contributed by atoms with Gasteiger partial charge in [-0.25, -0.2) is 19.2 Å². The molecule has 0 radical (unpaired) electrons. The van der Waals surface area contributed by atoms with Crippen LogP contribution < -0.4 is 4.74 Å². The molecule has 37 heavy (non-hydrogen) atoms. The number of aromatic nitrogens is 4. The van der Waals surface area contributed by atoms with Crippen molar-refractivity contribution in [2.24, 2.45) is 7.05 Å². The van der Waals surface area contributed by atoms with Crippen molar-refractivity contribution in [1.82, 2.24) is 24.4 Å². The quantitative estimate of drug-likeness (QED) is 0.368.